The number of carbonyl (C=O) groups excluding carboxylic acids is 3. The Balaban J connectivity index is 1.02. The fourth-order valence-electron chi connectivity index (χ4n) is 10.1. The Kier molecular flexibility index (Phi) is 16.1. The summed E-state index contributed by atoms with van der Waals surface area (Å²) in [6.07, 6.45) is 6.61. The van der Waals surface area contributed by atoms with Crippen LogP contribution in [0.25, 0.3) is 0 Å². The first-order valence-corrected chi connectivity index (χ1v) is 22.0. The van der Waals surface area contributed by atoms with Gasteiger partial charge in [0.25, 0.3) is 0 Å². The molecule has 1 saturated heterocycles. The van der Waals surface area contributed by atoms with Crippen LogP contribution in [0.5, 0.6) is 0 Å². The summed E-state index contributed by atoms with van der Waals surface area (Å²) in [7, 11) is 1.67. The van der Waals surface area contributed by atoms with Gasteiger partial charge in [-0.2, -0.15) is 13.2 Å². The Morgan fingerprint density at radius 2 is 1.69 bits per heavy atom. The number of nitrogens with two attached hydrogens (primary N) is 1. The number of amides is 3. The monoisotopic (exact) mass is 837 g/mol. The maximum Gasteiger partial charge on any atom is 0.417 e. The molecule has 59 heavy (non-hydrogen) atoms. The van der Waals surface area contributed by atoms with Crippen molar-refractivity contribution in [2.24, 2.45) is 23.0 Å². The minimum atomic E-state index is -4.61. The van der Waals surface area contributed by atoms with Crippen molar-refractivity contribution >= 4 is 17.7 Å². The van der Waals surface area contributed by atoms with E-state index >= 15 is 0 Å². The second-order valence-corrected chi connectivity index (χ2v) is 17.8. The minimum absolute atomic E-state index is 0.0152. The zero-order chi connectivity index (χ0) is 42.2. The smallest absolute Gasteiger partial charge is 0.379 e. The molecule has 5 atom stereocenters. The fraction of sp³-hybridized carbons (Fsp3) is 0.814. The third-order valence-electron chi connectivity index (χ3n) is 13.6. The molecule has 3 heterocycles. The first-order valence-electron chi connectivity index (χ1n) is 22.0. The van der Waals surface area contributed by atoms with Gasteiger partial charge in [-0.1, -0.05) is 13.8 Å². The largest absolute Gasteiger partial charge is 0.417 e. The van der Waals surface area contributed by atoms with Crippen molar-refractivity contribution in [3.8, 4) is 0 Å². The highest BCUT2D eigenvalue weighted by atomic mass is 19.4. The van der Waals surface area contributed by atoms with Crippen LogP contribution in [0.3, 0.4) is 0 Å². The number of halogens is 3. The van der Waals surface area contributed by atoms with Crippen LogP contribution in [0, 0.1) is 17.3 Å². The molecule has 4 fully saturated rings. The summed E-state index contributed by atoms with van der Waals surface area (Å²) in [5.74, 6) is -0.703. The summed E-state index contributed by atoms with van der Waals surface area (Å²) in [6.45, 7) is 6.96. The molecule has 0 unspecified atom stereocenters. The van der Waals surface area contributed by atoms with E-state index < -0.39 is 23.2 Å². The van der Waals surface area contributed by atoms with Gasteiger partial charge in [-0.25, -0.2) is 0 Å². The van der Waals surface area contributed by atoms with Gasteiger partial charge in [-0.3, -0.25) is 19.4 Å². The molecule has 5 N–H and O–H groups in total. The van der Waals surface area contributed by atoms with Crippen LogP contribution in [-0.4, -0.2) is 111 Å². The number of alkyl halides is 3. The zero-order valence-electron chi connectivity index (χ0n) is 35.2. The van der Waals surface area contributed by atoms with Crippen LogP contribution in [0.4, 0.5) is 13.2 Å². The lowest BCUT2D eigenvalue weighted by Gasteiger charge is -2.42. The molecule has 6 rings (SSSR count). The molecular formula is C43H67F3N6O7. The number of rotatable bonds is 16. The van der Waals surface area contributed by atoms with Crippen LogP contribution in [0.2, 0.25) is 0 Å². The van der Waals surface area contributed by atoms with E-state index in [0.717, 1.165) is 50.8 Å². The van der Waals surface area contributed by atoms with Crippen LogP contribution in [0.15, 0.2) is 12.3 Å². The molecule has 0 aromatic carbocycles. The molecule has 16 heteroatoms. The molecule has 2 aliphatic heterocycles. The molecule has 0 spiro atoms. The normalized spacial score (nSPS) is 31.5. The average Bonchev–Trinajstić information content (AvgIpc) is 3.66. The molecule has 1 aromatic rings. The average molecular weight is 837 g/mol. The quantitative estimate of drug-likeness (QED) is 0.168. The van der Waals surface area contributed by atoms with Crippen LogP contribution >= 0.6 is 0 Å². The Hall–Kier alpha value is -2.89. The van der Waals surface area contributed by atoms with Gasteiger partial charge < -0.3 is 45.5 Å². The molecule has 3 amide bonds. The number of hydrogen-bond donors (Lipinski definition) is 4. The highest BCUT2D eigenvalue weighted by Gasteiger charge is 2.51. The second kappa shape index (κ2) is 20.8. The number of nitrogens with zero attached hydrogens (tertiary/aromatic N) is 2. The summed E-state index contributed by atoms with van der Waals surface area (Å²) in [5, 5.41) is 9.96. The first kappa shape index (κ1) is 45.6. The first-order chi connectivity index (χ1) is 28.3. The second-order valence-electron chi connectivity index (χ2n) is 17.8. The maximum absolute atomic E-state index is 14.7. The Morgan fingerprint density at radius 1 is 0.983 bits per heavy atom. The van der Waals surface area contributed by atoms with Crippen molar-refractivity contribution in [3.05, 3.63) is 29.1 Å². The number of methoxy groups -OCH3 is 1. The molecular weight excluding hydrogens is 770 g/mol. The van der Waals surface area contributed by atoms with E-state index in [-0.39, 0.29) is 79.1 Å². The van der Waals surface area contributed by atoms with Crippen LogP contribution in [0.1, 0.15) is 127 Å². The van der Waals surface area contributed by atoms with Gasteiger partial charge in [-0.05, 0) is 101 Å². The Bertz CT molecular complexity index is 1550. The molecule has 3 saturated carbocycles. The van der Waals surface area contributed by atoms with Crippen molar-refractivity contribution < 1.29 is 46.5 Å². The SMILES string of the molecule is CO[C@@H]1COCC[C@@H]1N[C@H]1CC[C@@](C(=O)N2Cc3cc(C(F)(F)F)cnc3[C@H](NC(=O)C3CCC(NC(=O)CCCOC4CCC(OCCN)CC4)CC3)C2)(C(C)C)C1. The number of pyridine rings is 1. The van der Waals surface area contributed by atoms with Gasteiger partial charge >= 0.3 is 6.18 Å². The number of ether oxygens (including phenoxy) is 4. The highest BCUT2D eigenvalue weighted by molar-refractivity contribution is 5.84. The number of carbonyl (C=O) groups is 3. The van der Waals surface area contributed by atoms with Crippen molar-refractivity contribution in [1.29, 1.82) is 0 Å². The lowest BCUT2D eigenvalue weighted by atomic mass is 9.73. The summed E-state index contributed by atoms with van der Waals surface area (Å²) >= 11 is 0. The zero-order valence-corrected chi connectivity index (χ0v) is 35.2. The number of fused-ring (bicyclic) bond motifs is 1. The van der Waals surface area contributed by atoms with Gasteiger partial charge in [0, 0.05) is 76.6 Å². The summed E-state index contributed by atoms with van der Waals surface area (Å²) in [6, 6.07) is 0.450. The van der Waals surface area contributed by atoms with E-state index in [9.17, 15) is 27.6 Å². The van der Waals surface area contributed by atoms with E-state index in [1.165, 1.54) is 0 Å². The van der Waals surface area contributed by atoms with Gasteiger partial charge in [0.2, 0.25) is 17.7 Å². The van der Waals surface area contributed by atoms with Gasteiger partial charge in [0.15, 0.2) is 0 Å². The van der Waals surface area contributed by atoms with Crippen molar-refractivity contribution in [2.75, 3.05) is 46.6 Å². The van der Waals surface area contributed by atoms with E-state index in [2.05, 4.69) is 20.9 Å². The van der Waals surface area contributed by atoms with Crippen molar-refractivity contribution in [1.82, 2.24) is 25.8 Å². The van der Waals surface area contributed by atoms with Crippen molar-refractivity contribution in [2.45, 2.75) is 159 Å². The molecule has 0 radical (unpaired) electrons. The van der Waals surface area contributed by atoms with Crippen LogP contribution < -0.4 is 21.7 Å². The number of nitrogens with one attached hydrogen (secondary N) is 3. The molecule has 0 bridgehead atoms. The van der Waals surface area contributed by atoms with Crippen LogP contribution in [-0.2, 0) is 46.1 Å². The lowest BCUT2D eigenvalue weighted by Crippen LogP contribution is -2.53. The summed E-state index contributed by atoms with van der Waals surface area (Å²) < 4.78 is 64.8. The maximum atomic E-state index is 14.7. The van der Waals surface area contributed by atoms with Gasteiger partial charge in [-0.15, -0.1) is 0 Å². The standard InChI is InChI=1S/C43H67F3N6O7/c1-27(2)42(16-14-32(22-42)49-35-15-19-57-26-37(35)56-3)41(55)52-24-29-21-30(43(44,45)46)23-48-39(29)36(25-52)51-40(54)28-6-8-31(9-7-28)50-38(53)5-4-18-58-33-10-12-34(13-11-33)59-20-17-47/h21,23,27-28,31-37,49H,4-20,22,24-26,47H2,1-3H3,(H,50,53)(H,51,54)/t28?,31?,32-,33?,34?,35-,36+,37+,42-/m0/s1. The topological polar surface area (TPSA) is 166 Å². The minimum Gasteiger partial charge on any atom is -0.379 e. The number of aromatic nitrogens is 1. The molecule has 5 aliphatic rings. The van der Waals surface area contributed by atoms with E-state index in [1.807, 2.05) is 13.8 Å². The molecule has 13 nitrogen and oxygen atoms in total. The molecule has 1 aromatic heterocycles. The molecule has 332 valence electrons. The van der Waals surface area contributed by atoms with Gasteiger partial charge in [0.1, 0.15) is 0 Å². The lowest BCUT2D eigenvalue weighted by molar-refractivity contribution is -0.147. The van der Waals surface area contributed by atoms with E-state index in [1.54, 1.807) is 12.0 Å². The third-order valence-corrected chi connectivity index (χ3v) is 13.6. The Morgan fingerprint density at radius 3 is 2.36 bits per heavy atom. The van der Waals surface area contributed by atoms with Gasteiger partial charge in [0.05, 0.1) is 54.2 Å². The summed E-state index contributed by atoms with van der Waals surface area (Å²) in [4.78, 5) is 47.2. The predicted octanol–water partition coefficient (Wildman–Crippen LogP) is 4.95. The fourth-order valence-corrected chi connectivity index (χ4v) is 10.1. The Labute approximate surface area is 347 Å². The van der Waals surface area contributed by atoms with E-state index in [4.69, 9.17) is 24.7 Å². The third kappa shape index (κ3) is 11.7. The number of hydrogen-bond acceptors (Lipinski definition) is 10. The highest BCUT2D eigenvalue weighted by Crippen LogP contribution is 2.47. The van der Waals surface area contributed by atoms with Crippen molar-refractivity contribution in [3.63, 3.8) is 0 Å². The summed E-state index contributed by atoms with van der Waals surface area (Å²) in [5.41, 5.74) is 4.58. The molecule has 3 aliphatic carbocycles. The van der Waals surface area contributed by atoms with E-state index in [0.29, 0.717) is 95.6 Å². The predicted molar refractivity (Wildman–Crippen MR) is 214 cm³/mol.